The molecule has 0 aliphatic carbocycles. The minimum atomic E-state index is -3.83. The molecule has 3 aromatic rings. The Hall–Kier alpha value is -3.28. The molecule has 1 aromatic carbocycles. The molecule has 12 heteroatoms. The Morgan fingerprint density at radius 3 is 2.69 bits per heavy atom. The van der Waals surface area contributed by atoms with Gasteiger partial charge < -0.3 is 5.32 Å². The van der Waals surface area contributed by atoms with E-state index in [0.717, 1.165) is 26.1 Å². The van der Waals surface area contributed by atoms with Gasteiger partial charge in [0, 0.05) is 31.0 Å². The summed E-state index contributed by atoms with van der Waals surface area (Å²) in [6, 6.07) is 5.56. The number of aryl methyl sites for hydroxylation is 2. The van der Waals surface area contributed by atoms with Gasteiger partial charge in [0.1, 0.15) is 5.82 Å². The molecule has 0 bridgehead atoms. The van der Waals surface area contributed by atoms with Crippen LogP contribution >= 0.6 is 0 Å². The number of hydrogen-bond acceptors (Lipinski definition) is 6. The Kier molecular flexibility index (Phi) is 4.37. The van der Waals surface area contributed by atoms with Crippen molar-refractivity contribution in [3.8, 4) is 0 Å². The van der Waals surface area contributed by atoms with Crippen LogP contribution in [0.25, 0.3) is 5.78 Å². The second-order valence-corrected chi connectivity index (χ2v) is 8.51. The van der Waals surface area contributed by atoms with Gasteiger partial charge >= 0.3 is 10.2 Å². The van der Waals surface area contributed by atoms with Crippen LogP contribution in [-0.4, -0.2) is 54.0 Å². The van der Waals surface area contributed by atoms with Crippen LogP contribution in [0.3, 0.4) is 0 Å². The molecule has 0 saturated carbocycles. The zero-order chi connectivity index (χ0) is 20.9. The van der Waals surface area contributed by atoms with Gasteiger partial charge in [0.2, 0.25) is 5.82 Å². The van der Waals surface area contributed by atoms with Gasteiger partial charge in [-0.05, 0) is 32.0 Å². The number of anilines is 2. The van der Waals surface area contributed by atoms with Crippen LogP contribution in [0.4, 0.5) is 15.8 Å². The number of amides is 1. The van der Waals surface area contributed by atoms with Crippen molar-refractivity contribution >= 4 is 33.3 Å². The van der Waals surface area contributed by atoms with Gasteiger partial charge in [0.05, 0.1) is 17.9 Å². The topological polar surface area (TPSA) is 113 Å². The van der Waals surface area contributed by atoms with Crippen molar-refractivity contribution in [2.24, 2.45) is 0 Å². The van der Waals surface area contributed by atoms with E-state index >= 15 is 0 Å². The third kappa shape index (κ3) is 3.14. The summed E-state index contributed by atoms with van der Waals surface area (Å²) in [4.78, 5) is 20.7. The highest BCUT2D eigenvalue weighted by atomic mass is 32.2. The highest BCUT2D eigenvalue weighted by Gasteiger charge is 2.37. The Morgan fingerprint density at radius 1 is 1.17 bits per heavy atom. The number of aromatic nitrogens is 4. The molecule has 29 heavy (non-hydrogen) atoms. The molecular weight excluding hydrogens is 401 g/mol. The fraction of sp³-hybridized carbons (Fsp3) is 0.294. The van der Waals surface area contributed by atoms with Crippen LogP contribution in [0.1, 0.15) is 22.0 Å². The first-order valence-corrected chi connectivity index (χ1v) is 10.1. The van der Waals surface area contributed by atoms with E-state index in [9.17, 15) is 17.6 Å². The van der Waals surface area contributed by atoms with Crippen molar-refractivity contribution in [1.29, 1.82) is 0 Å². The summed E-state index contributed by atoms with van der Waals surface area (Å²) in [6.45, 7) is 3.56. The summed E-state index contributed by atoms with van der Waals surface area (Å²) >= 11 is 0. The number of hydrogen-bond donors (Lipinski definition) is 1. The van der Waals surface area contributed by atoms with Crippen molar-refractivity contribution in [3.63, 3.8) is 0 Å². The Bertz CT molecular complexity index is 1240. The molecule has 0 spiro atoms. The standard InChI is InChI=1S/C17H18FN7O3S/c1-10-8-11(2)25-17(20-10)21-15(22-25)16(26)19-6-7-24-14-9-12(18)4-5-13(14)23(3)29(24,27)28/h4-5,8-9H,6-7H2,1-3H3,(H,19,26). The van der Waals surface area contributed by atoms with E-state index < -0.39 is 21.9 Å². The Morgan fingerprint density at radius 2 is 1.93 bits per heavy atom. The maximum Gasteiger partial charge on any atom is 0.326 e. The lowest BCUT2D eigenvalue weighted by Gasteiger charge is -2.19. The predicted octanol–water partition coefficient (Wildman–Crippen LogP) is 0.811. The van der Waals surface area contributed by atoms with Gasteiger partial charge in [0.25, 0.3) is 11.7 Å². The summed E-state index contributed by atoms with van der Waals surface area (Å²) in [5, 5.41) is 6.73. The number of benzene rings is 1. The average molecular weight is 419 g/mol. The number of rotatable bonds is 4. The molecule has 0 atom stereocenters. The van der Waals surface area contributed by atoms with E-state index in [-0.39, 0.29) is 24.6 Å². The quantitative estimate of drug-likeness (QED) is 0.670. The molecule has 3 heterocycles. The zero-order valence-corrected chi connectivity index (χ0v) is 16.7. The molecule has 0 unspecified atom stereocenters. The lowest BCUT2D eigenvalue weighted by Crippen LogP contribution is -2.40. The van der Waals surface area contributed by atoms with E-state index in [1.165, 1.54) is 23.7 Å². The number of nitrogens with zero attached hydrogens (tertiary/aromatic N) is 6. The first kappa shape index (κ1) is 19.1. The normalized spacial score (nSPS) is 15.0. The molecule has 1 amide bonds. The molecular formula is C17H18FN7O3S. The maximum atomic E-state index is 13.6. The largest absolute Gasteiger partial charge is 0.347 e. The van der Waals surface area contributed by atoms with Crippen LogP contribution in [0.15, 0.2) is 24.3 Å². The van der Waals surface area contributed by atoms with E-state index in [2.05, 4.69) is 20.4 Å². The number of halogens is 1. The minimum absolute atomic E-state index is 0.0111. The summed E-state index contributed by atoms with van der Waals surface area (Å²) < 4.78 is 42.3. The van der Waals surface area contributed by atoms with Crippen LogP contribution in [0.5, 0.6) is 0 Å². The molecule has 0 fully saturated rings. The van der Waals surface area contributed by atoms with Crippen LogP contribution in [-0.2, 0) is 10.2 Å². The highest BCUT2D eigenvalue weighted by Crippen LogP contribution is 2.39. The van der Waals surface area contributed by atoms with E-state index in [4.69, 9.17) is 0 Å². The van der Waals surface area contributed by atoms with Crippen molar-refractivity contribution in [2.75, 3.05) is 28.7 Å². The molecule has 1 N–H and O–H groups in total. The fourth-order valence-corrected chi connectivity index (χ4v) is 4.62. The number of carbonyl (C=O) groups is 1. The van der Waals surface area contributed by atoms with Crippen LogP contribution < -0.4 is 13.9 Å². The highest BCUT2D eigenvalue weighted by molar-refractivity contribution is 7.94. The van der Waals surface area contributed by atoms with Crippen molar-refractivity contribution in [2.45, 2.75) is 13.8 Å². The first-order chi connectivity index (χ1) is 13.7. The second kappa shape index (κ2) is 6.65. The fourth-order valence-electron chi connectivity index (χ4n) is 3.21. The molecule has 152 valence electrons. The number of fused-ring (bicyclic) bond motifs is 2. The smallest absolute Gasteiger partial charge is 0.326 e. The summed E-state index contributed by atoms with van der Waals surface area (Å²) in [5.41, 5.74) is 2.13. The molecule has 10 nitrogen and oxygen atoms in total. The summed E-state index contributed by atoms with van der Waals surface area (Å²) in [7, 11) is -2.44. The third-order valence-corrected chi connectivity index (χ3v) is 6.42. The molecule has 0 radical (unpaired) electrons. The lowest BCUT2D eigenvalue weighted by atomic mass is 10.2. The number of carbonyl (C=O) groups excluding carboxylic acids is 1. The SMILES string of the molecule is Cc1cc(C)n2nc(C(=O)NCCN3c4cc(F)ccc4N(C)S3(=O)=O)nc2n1. The summed E-state index contributed by atoms with van der Waals surface area (Å²) in [5.74, 6) is -0.868. The monoisotopic (exact) mass is 419 g/mol. The average Bonchev–Trinajstić information content (AvgIpc) is 3.15. The van der Waals surface area contributed by atoms with Gasteiger partial charge in [-0.15, -0.1) is 5.10 Å². The van der Waals surface area contributed by atoms with Gasteiger partial charge in [-0.25, -0.2) is 18.2 Å². The minimum Gasteiger partial charge on any atom is -0.347 e. The van der Waals surface area contributed by atoms with Gasteiger partial charge in [-0.3, -0.25) is 9.10 Å². The van der Waals surface area contributed by atoms with Gasteiger partial charge in [-0.2, -0.15) is 13.4 Å². The first-order valence-electron chi connectivity index (χ1n) is 8.74. The van der Waals surface area contributed by atoms with Crippen molar-refractivity contribution < 1.29 is 17.6 Å². The van der Waals surface area contributed by atoms with E-state index in [1.807, 2.05) is 19.9 Å². The number of nitrogens with one attached hydrogen (secondary N) is 1. The van der Waals surface area contributed by atoms with Gasteiger partial charge in [-0.1, -0.05) is 0 Å². The maximum absolute atomic E-state index is 13.6. The van der Waals surface area contributed by atoms with Crippen molar-refractivity contribution in [3.05, 3.63) is 47.3 Å². The lowest BCUT2D eigenvalue weighted by molar-refractivity contribution is 0.0944. The van der Waals surface area contributed by atoms with E-state index in [1.54, 1.807) is 0 Å². The second-order valence-electron chi connectivity index (χ2n) is 6.62. The third-order valence-electron chi connectivity index (χ3n) is 4.59. The van der Waals surface area contributed by atoms with Crippen LogP contribution in [0.2, 0.25) is 0 Å². The molecule has 1 aliphatic rings. The Labute approximate surface area is 166 Å². The zero-order valence-electron chi connectivity index (χ0n) is 15.9. The predicted molar refractivity (Wildman–Crippen MR) is 104 cm³/mol. The molecule has 0 saturated heterocycles. The van der Waals surface area contributed by atoms with Crippen LogP contribution in [0, 0.1) is 19.7 Å². The molecule has 1 aliphatic heterocycles. The summed E-state index contributed by atoms with van der Waals surface area (Å²) in [6.07, 6.45) is 0. The Balaban J connectivity index is 1.50. The molecule has 2 aromatic heterocycles. The van der Waals surface area contributed by atoms with Crippen molar-refractivity contribution in [1.82, 2.24) is 24.9 Å². The molecule has 4 rings (SSSR count). The van der Waals surface area contributed by atoms with E-state index in [0.29, 0.717) is 11.5 Å². The van der Waals surface area contributed by atoms with Gasteiger partial charge in [0.15, 0.2) is 0 Å².